The predicted octanol–water partition coefficient (Wildman–Crippen LogP) is 1.92. The predicted molar refractivity (Wildman–Crippen MR) is 66.7 cm³/mol. The second-order valence-electron chi connectivity index (χ2n) is 4.36. The van der Waals surface area contributed by atoms with E-state index in [1.54, 1.807) is 0 Å². The van der Waals surface area contributed by atoms with E-state index in [2.05, 4.69) is 5.32 Å². The van der Waals surface area contributed by atoms with Crippen molar-refractivity contribution in [2.24, 2.45) is 5.92 Å². The summed E-state index contributed by atoms with van der Waals surface area (Å²) in [5, 5.41) is 10.9. The lowest BCUT2D eigenvalue weighted by Crippen LogP contribution is -2.34. The molecule has 0 aliphatic heterocycles. The fourth-order valence-corrected chi connectivity index (χ4v) is 1.32. The number of carboxylic acid groups (broad SMARTS) is 1. The summed E-state index contributed by atoms with van der Waals surface area (Å²) < 4.78 is 42.3. The maximum atomic E-state index is 12.5. The van der Waals surface area contributed by atoms with Gasteiger partial charge in [-0.1, -0.05) is 13.0 Å². The lowest BCUT2D eigenvalue weighted by atomic mass is 10.2. The molecule has 1 atom stereocenters. The van der Waals surface area contributed by atoms with Crippen LogP contribution in [0.2, 0.25) is 0 Å². The van der Waals surface area contributed by atoms with E-state index in [4.69, 9.17) is 9.84 Å². The highest BCUT2D eigenvalue weighted by molar-refractivity contribution is 5.78. The standard InChI is InChI=1S/C13H14F3NO4/c1-8(12(19)20)6-17-11(18)7-21-10-4-2-3-9(5-10)13(14,15)16/h2-5,8H,6-7H2,1H3,(H,17,18)(H,19,20). The zero-order valence-electron chi connectivity index (χ0n) is 11.1. The van der Waals surface area contributed by atoms with Gasteiger partial charge in [0, 0.05) is 6.54 Å². The highest BCUT2D eigenvalue weighted by atomic mass is 19.4. The van der Waals surface area contributed by atoms with Crippen molar-refractivity contribution in [3.63, 3.8) is 0 Å². The third kappa shape index (κ3) is 5.72. The number of ether oxygens (including phenoxy) is 1. The lowest BCUT2D eigenvalue weighted by Gasteiger charge is -2.11. The molecule has 0 aliphatic carbocycles. The summed E-state index contributed by atoms with van der Waals surface area (Å²) in [4.78, 5) is 21.9. The van der Waals surface area contributed by atoms with E-state index in [1.807, 2.05) is 0 Å². The van der Waals surface area contributed by atoms with Gasteiger partial charge in [-0.05, 0) is 18.2 Å². The summed E-state index contributed by atoms with van der Waals surface area (Å²) in [6, 6.07) is 4.14. The average molecular weight is 305 g/mol. The Morgan fingerprint density at radius 1 is 1.38 bits per heavy atom. The van der Waals surface area contributed by atoms with Crippen LogP contribution in [0, 0.1) is 5.92 Å². The molecular weight excluding hydrogens is 291 g/mol. The molecule has 0 aliphatic rings. The van der Waals surface area contributed by atoms with Crippen molar-refractivity contribution in [3.8, 4) is 5.75 Å². The number of hydrogen-bond acceptors (Lipinski definition) is 3. The van der Waals surface area contributed by atoms with Gasteiger partial charge in [0.2, 0.25) is 0 Å². The topological polar surface area (TPSA) is 75.6 Å². The Hall–Kier alpha value is -2.25. The van der Waals surface area contributed by atoms with E-state index < -0.39 is 36.1 Å². The number of benzene rings is 1. The van der Waals surface area contributed by atoms with Crippen LogP contribution in [0.3, 0.4) is 0 Å². The summed E-state index contributed by atoms with van der Waals surface area (Å²) in [6.45, 7) is 0.837. The molecule has 0 heterocycles. The van der Waals surface area contributed by atoms with Gasteiger partial charge >= 0.3 is 12.1 Å². The summed E-state index contributed by atoms with van der Waals surface area (Å²) in [6.07, 6.45) is -4.49. The molecule has 1 aromatic carbocycles. The van der Waals surface area contributed by atoms with Gasteiger partial charge in [0.1, 0.15) is 5.75 Å². The zero-order chi connectivity index (χ0) is 16.0. The fraction of sp³-hybridized carbons (Fsp3) is 0.385. The van der Waals surface area contributed by atoms with Crippen molar-refractivity contribution in [1.82, 2.24) is 5.32 Å². The van der Waals surface area contributed by atoms with Gasteiger partial charge < -0.3 is 15.2 Å². The smallest absolute Gasteiger partial charge is 0.416 e. The molecule has 1 rings (SSSR count). The molecule has 0 aromatic heterocycles. The van der Waals surface area contributed by atoms with Crippen molar-refractivity contribution in [1.29, 1.82) is 0 Å². The monoisotopic (exact) mass is 305 g/mol. The quantitative estimate of drug-likeness (QED) is 0.842. The van der Waals surface area contributed by atoms with Crippen LogP contribution in [0.1, 0.15) is 12.5 Å². The maximum Gasteiger partial charge on any atom is 0.416 e. The van der Waals surface area contributed by atoms with Crippen LogP contribution in [0.4, 0.5) is 13.2 Å². The molecule has 0 radical (unpaired) electrons. The highest BCUT2D eigenvalue weighted by Gasteiger charge is 2.30. The first-order valence-corrected chi connectivity index (χ1v) is 5.99. The zero-order valence-corrected chi connectivity index (χ0v) is 11.1. The first kappa shape index (κ1) is 16.8. The summed E-state index contributed by atoms with van der Waals surface area (Å²) in [7, 11) is 0. The van der Waals surface area contributed by atoms with Crippen molar-refractivity contribution in [3.05, 3.63) is 29.8 Å². The number of nitrogens with one attached hydrogen (secondary N) is 1. The molecule has 0 saturated heterocycles. The third-order valence-corrected chi connectivity index (χ3v) is 2.56. The maximum absolute atomic E-state index is 12.5. The molecule has 8 heteroatoms. The molecule has 21 heavy (non-hydrogen) atoms. The van der Waals surface area contributed by atoms with E-state index in [0.717, 1.165) is 12.1 Å². The number of aliphatic carboxylic acids is 1. The van der Waals surface area contributed by atoms with E-state index in [9.17, 15) is 22.8 Å². The van der Waals surface area contributed by atoms with Crippen LogP contribution in [0.25, 0.3) is 0 Å². The second-order valence-corrected chi connectivity index (χ2v) is 4.36. The Kier molecular flexibility index (Phi) is 5.57. The van der Waals surface area contributed by atoms with Gasteiger partial charge in [0.15, 0.2) is 6.61 Å². The van der Waals surface area contributed by atoms with Crippen molar-refractivity contribution in [2.75, 3.05) is 13.2 Å². The molecular formula is C13H14F3NO4. The van der Waals surface area contributed by atoms with Gasteiger partial charge in [-0.25, -0.2) is 0 Å². The minimum absolute atomic E-state index is 0.0832. The van der Waals surface area contributed by atoms with Crippen LogP contribution in [0.15, 0.2) is 24.3 Å². The molecule has 1 aromatic rings. The number of carboxylic acids is 1. The van der Waals surface area contributed by atoms with Crippen LogP contribution in [0.5, 0.6) is 5.75 Å². The minimum Gasteiger partial charge on any atom is -0.484 e. The number of carbonyl (C=O) groups excluding carboxylic acids is 1. The van der Waals surface area contributed by atoms with Crippen molar-refractivity contribution < 1.29 is 32.6 Å². The largest absolute Gasteiger partial charge is 0.484 e. The van der Waals surface area contributed by atoms with E-state index in [-0.39, 0.29) is 12.3 Å². The molecule has 0 fully saturated rings. The summed E-state index contributed by atoms with van der Waals surface area (Å²) in [5.74, 6) is -2.52. The third-order valence-electron chi connectivity index (χ3n) is 2.56. The SMILES string of the molecule is CC(CNC(=O)COc1cccc(C(F)(F)F)c1)C(=O)O. The lowest BCUT2D eigenvalue weighted by molar-refractivity contribution is -0.141. The van der Waals surface area contributed by atoms with E-state index in [1.165, 1.54) is 19.1 Å². The summed E-state index contributed by atoms with van der Waals surface area (Å²) in [5.41, 5.74) is -0.875. The average Bonchev–Trinajstić information content (AvgIpc) is 2.41. The Labute approximate surface area is 118 Å². The van der Waals surface area contributed by atoms with Crippen LogP contribution < -0.4 is 10.1 Å². The highest BCUT2D eigenvalue weighted by Crippen LogP contribution is 2.31. The number of carbonyl (C=O) groups is 2. The Bertz CT molecular complexity index is 516. The van der Waals surface area contributed by atoms with Gasteiger partial charge in [-0.2, -0.15) is 13.2 Å². The number of amides is 1. The number of alkyl halides is 3. The van der Waals surface area contributed by atoms with Crippen LogP contribution in [-0.4, -0.2) is 30.1 Å². The second kappa shape index (κ2) is 6.96. The molecule has 1 amide bonds. The van der Waals surface area contributed by atoms with E-state index in [0.29, 0.717) is 0 Å². The Balaban J connectivity index is 2.48. The van der Waals surface area contributed by atoms with Crippen molar-refractivity contribution in [2.45, 2.75) is 13.1 Å². The molecule has 2 N–H and O–H groups in total. The number of hydrogen-bond donors (Lipinski definition) is 2. The van der Waals surface area contributed by atoms with Gasteiger partial charge in [0.25, 0.3) is 5.91 Å². The fourth-order valence-electron chi connectivity index (χ4n) is 1.32. The summed E-state index contributed by atoms with van der Waals surface area (Å²) >= 11 is 0. The molecule has 116 valence electrons. The number of rotatable bonds is 6. The normalized spacial score (nSPS) is 12.6. The van der Waals surface area contributed by atoms with Gasteiger partial charge in [-0.15, -0.1) is 0 Å². The van der Waals surface area contributed by atoms with Gasteiger partial charge in [0.05, 0.1) is 11.5 Å². The first-order chi connectivity index (χ1) is 9.70. The first-order valence-electron chi connectivity index (χ1n) is 5.99. The van der Waals surface area contributed by atoms with Gasteiger partial charge in [-0.3, -0.25) is 9.59 Å². The molecule has 0 saturated carbocycles. The van der Waals surface area contributed by atoms with Crippen molar-refractivity contribution >= 4 is 11.9 Å². The minimum atomic E-state index is -4.49. The van der Waals surface area contributed by atoms with Crippen LogP contribution in [-0.2, 0) is 15.8 Å². The Morgan fingerprint density at radius 3 is 2.62 bits per heavy atom. The molecule has 0 spiro atoms. The molecule has 1 unspecified atom stereocenters. The molecule has 0 bridgehead atoms. The molecule has 5 nitrogen and oxygen atoms in total. The Morgan fingerprint density at radius 2 is 2.05 bits per heavy atom. The number of halogens is 3. The van der Waals surface area contributed by atoms with Crippen LogP contribution >= 0.6 is 0 Å². The van der Waals surface area contributed by atoms with E-state index >= 15 is 0 Å².